The molecule has 0 bridgehead atoms. The lowest BCUT2D eigenvalue weighted by Crippen LogP contribution is -2.49. The smallest absolute Gasteiger partial charge is 0.172 e. The van der Waals surface area contributed by atoms with Gasteiger partial charge in [0.15, 0.2) is 11.6 Å². The van der Waals surface area contributed by atoms with E-state index in [1.54, 1.807) is 24.7 Å². The average Bonchev–Trinajstić information content (AvgIpc) is 3.11. The van der Waals surface area contributed by atoms with E-state index in [4.69, 9.17) is 0 Å². The number of nitriles is 1. The Morgan fingerprint density at radius 2 is 1.92 bits per heavy atom. The molecule has 2 saturated heterocycles. The number of pyridine rings is 1. The Morgan fingerprint density at radius 3 is 2.73 bits per heavy atom. The first-order valence-corrected chi connectivity index (χ1v) is 9.03. The standard InChI is InChI=1S/C19H23N7/c1-24(2)18-19(23-8-7-22-18)25-9-4-15-5-10-26(16(15)13-25)17-11-14(12-20)3-6-21-17/h3,6-8,11,15-16H,4-5,9-10,13H2,1-2H3. The Morgan fingerprint density at radius 1 is 1.12 bits per heavy atom. The summed E-state index contributed by atoms with van der Waals surface area (Å²) in [4.78, 5) is 20.4. The molecule has 2 aromatic rings. The van der Waals surface area contributed by atoms with Crippen molar-refractivity contribution in [3.63, 3.8) is 0 Å². The number of rotatable bonds is 3. The third-order valence-electron chi connectivity index (χ3n) is 5.41. The van der Waals surface area contributed by atoms with Crippen molar-refractivity contribution in [2.45, 2.75) is 18.9 Å². The van der Waals surface area contributed by atoms with Crippen LogP contribution in [0.4, 0.5) is 17.5 Å². The fraction of sp³-hybridized carbons (Fsp3) is 0.474. The highest BCUT2D eigenvalue weighted by molar-refractivity contribution is 5.62. The molecule has 0 N–H and O–H groups in total. The molecule has 0 saturated carbocycles. The normalized spacial score (nSPS) is 22.0. The largest absolute Gasteiger partial charge is 0.360 e. The minimum atomic E-state index is 0.391. The van der Waals surface area contributed by atoms with Crippen LogP contribution in [0.1, 0.15) is 18.4 Å². The molecule has 0 spiro atoms. The van der Waals surface area contributed by atoms with E-state index < -0.39 is 0 Å². The number of fused-ring (bicyclic) bond motifs is 1. The van der Waals surface area contributed by atoms with Gasteiger partial charge in [0.25, 0.3) is 0 Å². The van der Waals surface area contributed by atoms with E-state index in [9.17, 15) is 5.26 Å². The van der Waals surface area contributed by atoms with Crippen LogP contribution in [0.5, 0.6) is 0 Å². The van der Waals surface area contributed by atoms with Gasteiger partial charge < -0.3 is 14.7 Å². The first kappa shape index (κ1) is 16.6. The highest BCUT2D eigenvalue weighted by Crippen LogP contribution is 2.37. The molecule has 2 fully saturated rings. The van der Waals surface area contributed by atoms with E-state index in [1.165, 1.54) is 6.42 Å². The van der Waals surface area contributed by atoms with Gasteiger partial charge in [0.2, 0.25) is 0 Å². The summed E-state index contributed by atoms with van der Waals surface area (Å²) in [5, 5.41) is 9.19. The molecule has 2 atom stereocenters. The molecule has 0 radical (unpaired) electrons. The van der Waals surface area contributed by atoms with Crippen molar-refractivity contribution in [2.75, 3.05) is 48.4 Å². The Bertz CT molecular complexity index is 829. The van der Waals surface area contributed by atoms with Crippen LogP contribution >= 0.6 is 0 Å². The molecule has 134 valence electrons. The summed E-state index contributed by atoms with van der Waals surface area (Å²) in [5.41, 5.74) is 0.662. The van der Waals surface area contributed by atoms with Crippen LogP contribution in [-0.2, 0) is 0 Å². The summed E-state index contributed by atoms with van der Waals surface area (Å²) in [7, 11) is 4.00. The maximum absolute atomic E-state index is 9.19. The zero-order valence-electron chi connectivity index (χ0n) is 15.2. The topological polar surface area (TPSA) is 72.2 Å². The Hall–Kier alpha value is -2.88. The number of hydrogen-bond donors (Lipinski definition) is 0. The van der Waals surface area contributed by atoms with E-state index in [0.717, 1.165) is 43.5 Å². The van der Waals surface area contributed by atoms with Crippen molar-refractivity contribution >= 4 is 17.5 Å². The van der Waals surface area contributed by atoms with E-state index in [0.29, 0.717) is 17.5 Å². The van der Waals surface area contributed by atoms with Crippen molar-refractivity contribution in [1.82, 2.24) is 15.0 Å². The fourth-order valence-corrected chi connectivity index (χ4v) is 4.12. The summed E-state index contributed by atoms with van der Waals surface area (Å²) in [6.45, 7) is 2.90. The molecule has 2 unspecified atom stereocenters. The van der Waals surface area contributed by atoms with E-state index in [2.05, 4.69) is 30.8 Å². The maximum atomic E-state index is 9.19. The number of nitrogens with zero attached hydrogens (tertiary/aromatic N) is 7. The molecule has 2 aromatic heterocycles. The number of hydrogen-bond acceptors (Lipinski definition) is 7. The summed E-state index contributed by atoms with van der Waals surface area (Å²) in [6.07, 6.45) is 7.55. The molecule has 2 aliphatic rings. The van der Waals surface area contributed by atoms with Crippen LogP contribution in [0.3, 0.4) is 0 Å². The predicted molar refractivity (Wildman–Crippen MR) is 101 cm³/mol. The SMILES string of the molecule is CN(C)c1nccnc1N1CCC2CCN(c3cc(C#N)ccn3)C2C1. The Balaban J connectivity index is 1.60. The molecule has 26 heavy (non-hydrogen) atoms. The monoisotopic (exact) mass is 349 g/mol. The summed E-state index contributed by atoms with van der Waals surface area (Å²) in [5.74, 6) is 3.42. The number of anilines is 3. The Labute approximate surface area is 153 Å². The second kappa shape index (κ2) is 6.79. The third kappa shape index (κ3) is 2.92. The zero-order chi connectivity index (χ0) is 18.1. The van der Waals surface area contributed by atoms with E-state index in [-0.39, 0.29) is 0 Å². The molecular formula is C19H23N7. The molecule has 0 aromatic carbocycles. The van der Waals surface area contributed by atoms with Gasteiger partial charge in [-0.2, -0.15) is 5.26 Å². The third-order valence-corrected chi connectivity index (χ3v) is 5.41. The summed E-state index contributed by atoms with van der Waals surface area (Å²) < 4.78 is 0. The molecule has 0 amide bonds. The van der Waals surface area contributed by atoms with Crippen LogP contribution in [-0.4, -0.2) is 54.7 Å². The van der Waals surface area contributed by atoms with Gasteiger partial charge in [0.1, 0.15) is 5.82 Å². The second-order valence-corrected chi connectivity index (χ2v) is 7.16. The van der Waals surface area contributed by atoms with Gasteiger partial charge in [0.05, 0.1) is 17.7 Å². The summed E-state index contributed by atoms with van der Waals surface area (Å²) >= 11 is 0. The van der Waals surface area contributed by atoms with Crippen molar-refractivity contribution in [3.8, 4) is 6.07 Å². The van der Waals surface area contributed by atoms with E-state index in [1.807, 2.05) is 25.1 Å². The first-order chi connectivity index (χ1) is 12.7. The minimum absolute atomic E-state index is 0.391. The highest BCUT2D eigenvalue weighted by atomic mass is 15.3. The number of aromatic nitrogens is 3. The van der Waals surface area contributed by atoms with Crippen LogP contribution in [0.15, 0.2) is 30.7 Å². The van der Waals surface area contributed by atoms with Gasteiger partial charge in [-0.3, -0.25) is 0 Å². The van der Waals surface area contributed by atoms with Crippen LogP contribution in [0.2, 0.25) is 0 Å². The van der Waals surface area contributed by atoms with Gasteiger partial charge in [0, 0.05) is 52.3 Å². The van der Waals surface area contributed by atoms with Crippen molar-refractivity contribution in [2.24, 2.45) is 5.92 Å². The van der Waals surface area contributed by atoms with Gasteiger partial charge in [-0.1, -0.05) is 0 Å². The van der Waals surface area contributed by atoms with Gasteiger partial charge >= 0.3 is 0 Å². The van der Waals surface area contributed by atoms with Crippen LogP contribution in [0.25, 0.3) is 0 Å². The molecule has 4 heterocycles. The maximum Gasteiger partial charge on any atom is 0.172 e. The molecule has 2 aliphatic heterocycles. The van der Waals surface area contributed by atoms with E-state index >= 15 is 0 Å². The Kier molecular flexibility index (Phi) is 4.33. The lowest BCUT2D eigenvalue weighted by Gasteiger charge is -2.40. The lowest BCUT2D eigenvalue weighted by atomic mass is 9.92. The quantitative estimate of drug-likeness (QED) is 0.838. The average molecular weight is 349 g/mol. The summed E-state index contributed by atoms with van der Waals surface area (Å²) in [6, 6.07) is 6.26. The predicted octanol–water partition coefficient (Wildman–Crippen LogP) is 1.91. The first-order valence-electron chi connectivity index (χ1n) is 9.03. The fourth-order valence-electron chi connectivity index (χ4n) is 4.12. The van der Waals surface area contributed by atoms with Gasteiger partial charge in [-0.15, -0.1) is 0 Å². The molecule has 4 rings (SSSR count). The van der Waals surface area contributed by atoms with Gasteiger partial charge in [-0.25, -0.2) is 15.0 Å². The van der Waals surface area contributed by atoms with Crippen LogP contribution in [0, 0.1) is 17.2 Å². The second-order valence-electron chi connectivity index (χ2n) is 7.16. The van der Waals surface area contributed by atoms with Crippen molar-refractivity contribution < 1.29 is 0 Å². The molecule has 7 nitrogen and oxygen atoms in total. The molecular weight excluding hydrogens is 326 g/mol. The van der Waals surface area contributed by atoms with Crippen molar-refractivity contribution in [3.05, 3.63) is 36.3 Å². The van der Waals surface area contributed by atoms with Gasteiger partial charge in [-0.05, 0) is 30.9 Å². The minimum Gasteiger partial charge on any atom is -0.360 e. The van der Waals surface area contributed by atoms with Crippen LogP contribution < -0.4 is 14.7 Å². The highest BCUT2D eigenvalue weighted by Gasteiger charge is 2.40. The molecule has 0 aliphatic carbocycles. The molecule has 7 heteroatoms. The van der Waals surface area contributed by atoms with Crippen molar-refractivity contribution in [1.29, 1.82) is 5.26 Å². The zero-order valence-corrected chi connectivity index (χ0v) is 15.2. The number of piperidine rings is 1. The lowest BCUT2D eigenvalue weighted by molar-refractivity contribution is 0.388.